The quantitative estimate of drug-likeness (QED) is 0.163. The van der Waals surface area contributed by atoms with Crippen LogP contribution in [0.4, 0.5) is 0 Å². The van der Waals surface area contributed by atoms with Gasteiger partial charge in [0.2, 0.25) is 0 Å². The summed E-state index contributed by atoms with van der Waals surface area (Å²) in [7, 11) is 0. The van der Waals surface area contributed by atoms with E-state index >= 15 is 0 Å². The Labute approximate surface area is 258 Å². The largest absolute Gasteiger partial charge is 0.458 e. The predicted octanol–water partition coefficient (Wildman–Crippen LogP) is 0.706. The lowest BCUT2D eigenvalue weighted by Gasteiger charge is -2.58. The van der Waals surface area contributed by atoms with Crippen LogP contribution in [-0.4, -0.2) is 110 Å². The second kappa shape index (κ2) is 12.0. The van der Waals surface area contributed by atoms with E-state index in [9.17, 15) is 40.5 Å². The zero-order chi connectivity index (χ0) is 31.7. The fourth-order valence-corrected chi connectivity index (χ4v) is 10.1. The van der Waals surface area contributed by atoms with E-state index in [0.29, 0.717) is 24.3 Å². The van der Waals surface area contributed by atoms with Crippen molar-refractivity contribution in [2.24, 2.45) is 35.0 Å². The molecule has 0 aromatic heterocycles. The number of carbonyl (C=O) groups is 1. The molecule has 6 rings (SSSR count). The maximum atomic E-state index is 13.0. The first-order valence-corrected chi connectivity index (χ1v) is 16.4. The van der Waals surface area contributed by atoms with Gasteiger partial charge in [-0.1, -0.05) is 19.9 Å². The fourth-order valence-electron chi connectivity index (χ4n) is 10.1. The molecule has 248 valence electrons. The lowest BCUT2D eigenvalue weighted by atomic mass is 9.49. The van der Waals surface area contributed by atoms with Gasteiger partial charge in [-0.15, -0.1) is 0 Å². The zero-order valence-electron chi connectivity index (χ0n) is 25.9. The molecule has 11 nitrogen and oxygen atoms in total. The molecule has 1 saturated heterocycles. The Hall–Kier alpha value is -1.41. The minimum absolute atomic E-state index is 0.0168. The second-order valence-corrected chi connectivity index (χ2v) is 14.7. The first kappa shape index (κ1) is 32.5. The van der Waals surface area contributed by atoms with Crippen LogP contribution < -0.4 is 0 Å². The Morgan fingerprint density at radius 1 is 1.05 bits per heavy atom. The van der Waals surface area contributed by atoms with Gasteiger partial charge in [0.15, 0.2) is 6.29 Å². The first-order valence-electron chi connectivity index (χ1n) is 16.4. The van der Waals surface area contributed by atoms with Gasteiger partial charge in [0, 0.05) is 18.4 Å². The van der Waals surface area contributed by atoms with Gasteiger partial charge in [0.05, 0.1) is 25.4 Å². The van der Waals surface area contributed by atoms with Crippen LogP contribution in [0, 0.1) is 35.0 Å². The predicted molar refractivity (Wildman–Crippen MR) is 156 cm³/mol. The maximum absolute atomic E-state index is 13.0. The van der Waals surface area contributed by atoms with E-state index in [1.807, 2.05) is 0 Å². The second-order valence-electron chi connectivity index (χ2n) is 14.7. The van der Waals surface area contributed by atoms with Gasteiger partial charge in [0.1, 0.15) is 36.1 Å². The number of ether oxygens (including phenoxy) is 3. The molecule has 3 saturated carbocycles. The van der Waals surface area contributed by atoms with Crippen molar-refractivity contribution in [3.8, 4) is 0 Å². The van der Waals surface area contributed by atoms with E-state index in [1.165, 1.54) is 0 Å². The fraction of sp³-hybridized carbons (Fsp3) is 0.848. The zero-order valence-corrected chi connectivity index (χ0v) is 25.9. The first-order chi connectivity index (χ1) is 20.8. The molecule has 0 aromatic carbocycles. The van der Waals surface area contributed by atoms with Crippen molar-refractivity contribution in [1.82, 2.24) is 0 Å². The van der Waals surface area contributed by atoms with E-state index in [-0.39, 0.29) is 48.2 Å². The molecule has 6 aliphatic rings. The van der Waals surface area contributed by atoms with Gasteiger partial charge in [-0.3, -0.25) is 0 Å². The number of cyclic esters (lactones) is 1. The van der Waals surface area contributed by atoms with Gasteiger partial charge >= 0.3 is 5.97 Å². The minimum Gasteiger partial charge on any atom is -0.458 e. The number of hydrogen-bond acceptors (Lipinski definition) is 11. The Balaban J connectivity index is 1.14. The SMILES string of the molecule is CC1=C(COC2OC(CO)C(O)C(O)C2O)CC([C@@H](C)[C@H]2CC[C@H]3[C@@H]4CC=C5C[C@@H](O)C[C@H](O)[C@]5(O)[C@H]4CC[C@]23C)OC1=O. The summed E-state index contributed by atoms with van der Waals surface area (Å²) in [5.41, 5.74) is 0.662. The third kappa shape index (κ3) is 5.11. The molecular weight excluding hydrogens is 572 g/mol. The number of aliphatic hydroxyl groups excluding tert-OH is 6. The van der Waals surface area contributed by atoms with Crippen molar-refractivity contribution in [2.75, 3.05) is 13.2 Å². The molecule has 2 heterocycles. The summed E-state index contributed by atoms with van der Waals surface area (Å²) in [4.78, 5) is 13.0. The van der Waals surface area contributed by atoms with Crippen molar-refractivity contribution < 1.29 is 54.8 Å². The van der Waals surface area contributed by atoms with Crippen molar-refractivity contribution in [1.29, 1.82) is 0 Å². The maximum Gasteiger partial charge on any atom is 0.334 e. The van der Waals surface area contributed by atoms with Gasteiger partial charge in [-0.2, -0.15) is 0 Å². The lowest BCUT2D eigenvalue weighted by Crippen LogP contribution is -2.61. The molecule has 2 aliphatic heterocycles. The summed E-state index contributed by atoms with van der Waals surface area (Å²) in [5, 5.41) is 73.2. The Morgan fingerprint density at radius 3 is 2.52 bits per heavy atom. The van der Waals surface area contributed by atoms with Crippen molar-refractivity contribution in [3.63, 3.8) is 0 Å². The summed E-state index contributed by atoms with van der Waals surface area (Å²) in [6, 6.07) is 0. The van der Waals surface area contributed by atoms with E-state index in [2.05, 4.69) is 19.9 Å². The van der Waals surface area contributed by atoms with Gasteiger partial charge in [-0.05, 0) is 91.6 Å². The number of esters is 1. The Kier molecular flexibility index (Phi) is 8.87. The topological polar surface area (TPSA) is 186 Å². The van der Waals surface area contributed by atoms with Crippen molar-refractivity contribution in [3.05, 3.63) is 22.8 Å². The molecule has 15 atom stereocenters. The van der Waals surface area contributed by atoms with Crippen LogP contribution in [0.15, 0.2) is 22.8 Å². The lowest BCUT2D eigenvalue weighted by molar-refractivity contribution is -0.299. The van der Waals surface area contributed by atoms with Crippen molar-refractivity contribution in [2.45, 2.75) is 127 Å². The number of allylic oxidation sites excluding steroid dienone is 1. The van der Waals surface area contributed by atoms with E-state index in [4.69, 9.17) is 14.2 Å². The number of fused-ring (bicyclic) bond motifs is 5. The molecule has 7 N–H and O–H groups in total. The summed E-state index contributed by atoms with van der Waals surface area (Å²) in [6.07, 6.45) is -1.20. The molecule has 4 fully saturated rings. The van der Waals surface area contributed by atoms with Crippen LogP contribution in [0.5, 0.6) is 0 Å². The summed E-state index contributed by atoms with van der Waals surface area (Å²) in [6.45, 7) is 5.59. The van der Waals surface area contributed by atoms with E-state index in [0.717, 1.165) is 43.3 Å². The van der Waals surface area contributed by atoms with Crippen LogP contribution >= 0.6 is 0 Å². The molecule has 0 amide bonds. The Morgan fingerprint density at radius 2 is 1.80 bits per heavy atom. The third-order valence-electron chi connectivity index (χ3n) is 12.7. The highest BCUT2D eigenvalue weighted by atomic mass is 16.7. The van der Waals surface area contributed by atoms with Crippen LogP contribution in [0.25, 0.3) is 0 Å². The molecule has 4 aliphatic carbocycles. The van der Waals surface area contributed by atoms with Gasteiger partial charge in [-0.25, -0.2) is 4.79 Å². The average molecular weight is 623 g/mol. The van der Waals surface area contributed by atoms with Gasteiger partial charge < -0.3 is 50.0 Å². The number of carbonyl (C=O) groups excluding carboxylic acids is 1. The number of rotatable bonds is 6. The molecule has 0 spiro atoms. The van der Waals surface area contributed by atoms with Crippen molar-refractivity contribution >= 4 is 5.97 Å². The van der Waals surface area contributed by atoms with Gasteiger partial charge in [0.25, 0.3) is 0 Å². The van der Waals surface area contributed by atoms with E-state index in [1.54, 1.807) is 6.92 Å². The molecule has 0 bridgehead atoms. The highest BCUT2D eigenvalue weighted by Gasteiger charge is 2.62. The highest BCUT2D eigenvalue weighted by Crippen LogP contribution is 2.65. The number of hydrogen-bond donors (Lipinski definition) is 7. The molecular formula is C33H50O11. The summed E-state index contributed by atoms with van der Waals surface area (Å²) in [5.74, 6) is 0.485. The van der Waals surface area contributed by atoms with Crippen LogP contribution in [0.1, 0.15) is 72.1 Å². The molecule has 44 heavy (non-hydrogen) atoms. The normalized spacial score (nSPS) is 49.9. The third-order valence-corrected chi connectivity index (χ3v) is 12.7. The molecule has 0 aromatic rings. The number of aliphatic hydroxyl groups is 7. The monoisotopic (exact) mass is 622 g/mol. The van der Waals surface area contributed by atoms with Crippen LogP contribution in [0.3, 0.4) is 0 Å². The van der Waals surface area contributed by atoms with Crippen LogP contribution in [0.2, 0.25) is 0 Å². The van der Waals surface area contributed by atoms with Crippen LogP contribution in [-0.2, 0) is 19.0 Å². The molecule has 11 heteroatoms. The minimum atomic E-state index is -1.55. The molecule has 0 radical (unpaired) electrons. The smallest absolute Gasteiger partial charge is 0.334 e. The average Bonchev–Trinajstić information content (AvgIpc) is 3.35. The highest BCUT2D eigenvalue weighted by molar-refractivity contribution is 5.89. The summed E-state index contributed by atoms with van der Waals surface area (Å²) >= 11 is 0. The van der Waals surface area contributed by atoms with E-state index < -0.39 is 61.1 Å². The molecule has 6 unspecified atom stereocenters. The standard InChI is InChI=1S/C33H50O11/c1-15-17(14-42-31-29(39)28(38)27(37)25(13-34)44-31)10-24(43-30(15)40)16(2)21-6-7-22-20-5-4-18-11-19(35)12-26(36)33(18,41)23(20)8-9-32(21,22)3/h4,16,19-29,31,34-39,41H,5-14H2,1-3H3/t16-,19+,20-,21+,22-,23-,24?,25?,26-,27?,28?,29?,31?,32+,33+/m0/s1. The summed E-state index contributed by atoms with van der Waals surface area (Å²) < 4.78 is 17.3. The Bertz CT molecular complexity index is 1170.